The summed E-state index contributed by atoms with van der Waals surface area (Å²) in [6.07, 6.45) is 5.29. The van der Waals surface area contributed by atoms with E-state index >= 15 is 0 Å². The van der Waals surface area contributed by atoms with Gasteiger partial charge in [-0.25, -0.2) is 4.98 Å². The Balaban J connectivity index is 1.22. The SMILES string of the molecule is N#Cc1nc2c(s1)CN(CCN1CCN(C3CCC3)CC1)CC2. The zero-order valence-corrected chi connectivity index (χ0v) is 14.5. The maximum absolute atomic E-state index is 8.98. The Kier molecular flexibility index (Phi) is 4.63. The molecular weight excluding hydrogens is 306 g/mol. The molecule has 5 nitrogen and oxygen atoms in total. The molecule has 0 bridgehead atoms. The van der Waals surface area contributed by atoms with Gasteiger partial charge in [0, 0.05) is 69.7 Å². The van der Waals surface area contributed by atoms with Crippen molar-refractivity contribution in [3.05, 3.63) is 15.6 Å². The van der Waals surface area contributed by atoms with Crippen LogP contribution in [0.25, 0.3) is 0 Å². The largest absolute Gasteiger partial charge is 0.300 e. The summed E-state index contributed by atoms with van der Waals surface area (Å²) >= 11 is 1.58. The highest BCUT2D eigenvalue weighted by Gasteiger charge is 2.28. The molecule has 1 aliphatic carbocycles. The van der Waals surface area contributed by atoms with E-state index in [1.807, 2.05) is 0 Å². The van der Waals surface area contributed by atoms with Crippen molar-refractivity contribution in [1.29, 1.82) is 5.26 Å². The third-order valence-electron chi connectivity index (χ3n) is 5.64. The van der Waals surface area contributed by atoms with E-state index in [1.54, 1.807) is 11.3 Å². The molecule has 0 spiro atoms. The molecule has 1 aromatic rings. The van der Waals surface area contributed by atoms with Crippen molar-refractivity contribution >= 4 is 11.3 Å². The first-order valence-corrected chi connectivity index (χ1v) is 9.71. The number of piperazine rings is 1. The molecule has 2 fully saturated rings. The number of hydrogen-bond acceptors (Lipinski definition) is 6. The number of rotatable bonds is 4. The molecule has 1 saturated heterocycles. The van der Waals surface area contributed by atoms with E-state index < -0.39 is 0 Å². The van der Waals surface area contributed by atoms with Gasteiger partial charge in [-0.15, -0.1) is 11.3 Å². The second-order valence-corrected chi connectivity index (χ2v) is 8.07. The van der Waals surface area contributed by atoms with Crippen LogP contribution in [0, 0.1) is 11.3 Å². The summed E-state index contributed by atoms with van der Waals surface area (Å²) < 4.78 is 0. The lowest BCUT2D eigenvalue weighted by Gasteiger charge is -2.43. The van der Waals surface area contributed by atoms with Gasteiger partial charge in [-0.05, 0) is 12.8 Å². The average Bonchev–Trinajstić information content (AvgIpc) is 2.95. The number of aromatic nitrogens is 1. The third kappa shape index (κ3) is 3.43. The number of nitriles is 1. The molecule has 0 unspecified atom stereocenters. The van der Waals surface area contributed by atoms with E-state index in [0.717, 1.165) is 37.8 Å². The molecule has 23 heavy (non-hydrogen) atoms. The molecule has 3 aliphatic rings. The Labute approximate surface area is 142 Å². The van der Waals surface area contributed by atoms with Gasteiger partial charge in [-0.2, -0.15) is 5.26 Å². The van der Waals surface area contributed by atoms with E-state index in [4.69, 9.17) is 5.26 Å². The first-order valence-electron chi connectivity index (χ1n) is 8.89. The van der Waals surface area contributed by atoms with Gasteiger partial charge in [0.2, 0.25) is 0 Å². The minimum Gasteiger partial charge on any atom is -0.300 e. The minimum absolute atomic E-state index is 0.629. The lowest BCUT2D eigenvalue weighted by Crippen LogP contribution is -2.53. The first-order chi connectivity index (χ1) is 11.3. The van der Waals surface area contributed by atoms with Gasteiger partial charge in [0.25, 0.3) is 0 Å². The minimum atomic E-state index is 0.629. The number of thiazole rings is 1. The maximum Gasteiger partial charge on any atom is 0.194 e. The summed E-state index contributed by atoms with van der Waals surface area (Å²) in [5.74, 6) is 0. The number of hydrogen-bond donors (Lipinski definition) is 0. The van der Waals surface area contributed by atoms with Crippen molar-refractivity contribution < 1.29 is 0 Å². The van der Waals surface area contributed by atoms with E-state index in [-0.39, 0.29) is 0 Å². The second kappa shape index (κ2) is 6.86. The van der Waals surface area contributed by atoms with Crippen LogP contribution in [0.4, 0.5) is 0 Å². The van der Waals surface area contributed by atoms with E-state index in [1.165, 1.54) is 56.9 Å². The van der Waals surface area contributed by atoms with Crippen LogP contribution < -0.4 is 0 Å². The van der Waals surface area contributed by atoms with Gasteiger partial charge < -0.3 is 0 Å². The van der Waals surface area contributed by atoms with Crippen LogP contribution in [0.5, 0.6) is 0 Å². The van der Waals surface area contributed by atoms with Crippen LogP contribution in [-0.2, 0) is 13.0 Å². The average molecular weight is 331 g/mol. The molecular formula is C17H25N5S. The quantitative estimate of drug-likeness (QED) is 0.837. The molecule has 1 saturated carbocycles. The van der Waals surface area contributed by atoms with Crippen molar-refractivity contribution in [2.45, 2.75) is 38.3 Å². The molecule has 1 aromatic heterocycles. The van der Waals surface area contributed by atoms with Gasteiger partial charge in [0.1, 0.15) is 6.07 Å². The fraction of sp³-hybridized carbons (Fsp3) is 0.765. The van der Waals surface area contributed by atoms with E-state index in [0.29, 0.717) is 5.01 Å². The third-order valence-corrected chi connectivity index (χ3v) is 6.62. The van der Waals surface area contributed by atoms with E-state index in [2.05, 4.69) is 25.8 Å². The fourth-order valence-electron chi connectivity index (χ4n) is 3.87. The molecule has 0 aromatic carbocycles. The highest BCUT2D eigenvalue weighted by molar-refractivity contribution is 7.12. The van der Waals surface area contributed by atoms with Crippen molar-refractivity contribution in [1.82, 2.24) is 19.7 Å². The predicted molar refractivity (Wildman–Crippen MR) is 91.5 cm³/mol. The molecule has 0 N–H and O–H groups in total. The standard InChI is InChI=1S/C17H25N5S/c18-12-17-19-15-4-5-21(13-16(15)23-17)7-6-20-8-10-22(11-9-20)14-2-1-3-14/h14H,1-11,13H2. The molecule has 4 rings (SSSR count). The molecule has 3 heterocycles. The van der Waals surface area contributed by atoms with Gasteiger partial charge in [-0.1, -0.05) is 6.42 Å². The Morgan fingerprint density at radius 2 is 1.87 bits per heavy atom. The van der Waals surface area contributed by atoms with Crippen molar-refractivity contribution in [2.75, 3.05) is 45.8 Å². The van der Waals surface area contributed by atoms with Crippen molar-refractivity contribution in [2.24, 2.45) is 0 Å². The van der Waals surface area contributed by atoms with Crippen LogP contribution in [-0.4, -0.2) is 71.5 Å². The predicted octanol–water partition coefficient (Wildman–Crippen LogP) is 1.54. The Bertz CT molecular complexity index is 580. The Hall–Kier alpha value is -1.00. The molecule has 2 aliphatic heterocycles. The Morgan fingerprint density at radius 1 is 1.09 bits per heavy atom. The molecule has 0 radical (unpaired) electrons. The topological polar surface area (TPSA) is 46.4 Å². The monoisotopic (exact) mass is 331 g/mol. The van der Waals surface area contributed by atoms with Crippen LogP contribution in [0.15, 0.2) is 0 Å². The Morgan fingerprint density at radius 3 is 2.57 bits per heavy atom. The highest BCUT2D eigenvalue weighted by atomic mass is 32.1. The van der Waals surface area contributed by atoms with Crippen LogP contribution in [0.3, 0.4) is 0 Å². The summed E-state index contributed by atoms with van der Waals surface area (Å²) in [4.78, 5) is 13.6. The van der Waals surface area contributed by atoms with Crippen LogP contribution in [0.2, 0.25) is 0 Å². The van der Waals surface area contributed by atoms with Gasteiger partial charge in [0.15, 0.2) is 5.01 Å². The van der Waals surface area contributed by atoms with Gasteiger partial charge in [0.05, 0.1) is 5.69 Å². The smallest absolute Gasteiger partial charge is 0.194 e. The summed E-state index contributed by atoms with van der Waals surface area (Å²) in [7, 11) is 0. The first kappa shape index (κ1) is 15.5. The summed E-state index contributed by atoms with van der Waals surface area (Å²) in [5, 5.41) is 9.61. The second-order valence-electron chi connectivity index (χ2n) is 6.99. The van der Waals surface area contributed by atoms with Crippen molar-refractivity contribution in [3.8, 4) is 6.07 Å². The van der Waals surface area contributed by atoms with Gasteiger partial charge in [-0.3, -0.25) is 14.7 Å². The molecule has 0 atom stereocenters. The highest BCUT2D eigenvalue weighted by Crippen LogP contribution is 2.26. The zero-order valence-electron chi connectivity index (χ0n) is 13.7. The fourth-order valence-corrected chi connectivity index (χ4v) is 4.82. The summed E-state index contributed by atoms with van der Waals surface area (Å²) in [5.41, 5.74) is 1.16. The lowest BCUT2D eigenvalue weighted by molar-refractivity contribution is 0.0565. The zero-order chi connectivity index (χ0) is 15.6. The number of fused-ring (bicyclic) bond motifs is 1. The summed E-state index contributed by atoms with van der Waals surface area (Å²) in [6.45, 7) is 9.37. The van der Waals surface area contributed by atoms with Gasteiger partial charge >= 0.3 is 0 Å². The van der Waals surface area contributed by atoms with E-state index in [9.17, 15) is 0 Å². The molecule has 124 valence electrons. The van der Waals surface area contributed by atoms with Crippen LogP contribution in [0.1, 0.15) is 34.8 Å². The number of nitrogens with zero attached hydrogens (tertiary/aromatic N) is 5. The lowest BCUT2D eigenvalue weighted by atomic mass is 9.91. The molecule has 0 amide bonds. The normalized spacial score (nSPS) is 24.1. The van der Waals surface area contributed by atoms with Crippen molar-refractivity contribution in [3.63, 3.8) is 0 Å². The summed E-state index contributed by atoms with van der Waals surface area (Å²) in [6, 6.07) is 3.08. The van der Waals surface area contributed by atoms with Crippen LogP contribution >= 0.6 is 11.3 Å². The maximum atomic E-state index is 8.98. The molecule has 6 heteroatoms.